The number of halogens is 2. The van der Waals surface area contributed by atoms with Gasteiger partial charge in [0.05, 0.1) is 0 Å². The second-order valence-electron chi connectivity index (χ2n) is 8.30. The summed E-state index contributed by atoms with van der Waals surface area (Å²) in [5.74, 6) is -0.268. The van der Waals surface area contributed by atoms with Gasteiger partial charge in [-0.15, -0.1) is 0 Å². The number of carbonyl (C=O) groups is 2. The molecular weight excluding hydrogens is 417 g/mol. The van der Waals surface area contributed by atoms with Crippen molar-refractivity contribution < 1.29 is 14.0 Å². The van der Waals surface area contributed by atoms with Crippen molar-refractivity contribution in [1.29, 1.82) is 0 Å². The minimum Gasteiger partial charge on any atom is -0.340 e. The Bertz CT molecular complexity index is 903. The molecule has 5 nitrogen and oxygen atoms in total. The summed E-state index contributed by atoms with van der Waals surface area (Å²) in [6.07, 6.45) is 1.35. The molecule has 0 N–H and O–H groups in total. The Morgan fingerprint density at radius 3 is 2.06 bits per heavy atom. The number of hydrogen-bond acceptors (Lipinski definition) is 3. The Morgan fingerprint density at radius 1 is 0.839 bits per heavy atom. The van der Waals surface area contributed by atoms with Crippen molar-refractivity contribution in [3.05, 3.63) is 70.5 Å². The SMILES string of the molecule is O=C(c1ccc(F)cc1)N1CCC(C(=O)N2CCN(Cc3ccc(Cl)cc3)CC2)CC1. The van der Waals surface area contributed by atoms with Gasteiger partial charge in [-0.2, -0.15) is 0 Å². The molecule has 0 saturated carbocycles. The van der Waals surface area contributed by atoms with Crippen LogP contribution in [0.2, 0.25) is 5.02 Å². The van der Waals surface area contributed by atoms with Crippen LogP contribution in [0.4, 0.5) is 4.39 Å². The monoisotopic (exact) mass is 443 g/mol. The number of amides is 2. The van der Waals surface area contributed by atoms with Crippen LogP contribution in [0.3, 0.4) is 0 Å². The zero-order valence-corrected chi connectivity index (χ0v) is 18.2. The Labute approximate surface area is 187 Å². The van der Waals surface area contributed by atoms with Gasteiger partial charge in [0.2, 0.25) is 5.91 Å². The number of nitrogens with zero attached hydrogens (tertiary/aromatic N) is 3. The summed E-state index contributed by atoms with van der Waals surface area (Å²) in [6.45, 7) is 5.17. The zero-order valence-electron chi connectivity index (χ0n) is 17.5. The number of piperazine rings is 1. The maximum atomic E-state index is 13.1. The minimum atomic E-state index is -0.353. The van der Waals surface area contributed by atoms with Gasteiger partial charge in [-0.3, -0.25) is 14.5 Å². The number of likely N-dealkylation sites (tertiary alicyclic amines) is 1. The second-order valence-corrected chi connectivity index (χ2v) is 8.74. The van der Waals surface area contributed by atoms with Gasteiger partial charge in [0.1, 0.15) is 5.82 Å². The Kier molecular flexibility index (Phi) is 6.88. The van der Waals surface area contributed by atoms with Crippen LogP contribution in [0.1, 0.15) is 28.8 Å². The summed E-state index contributed by atoms with van der Waals surface area (Å²) in [4.78, 5) is 31.7. The van der Waals surface area contributed by atoms with E-state index in [4.69, 9.17) is 11.6 Å². The number of carbonyl (C=O) groups excluding carboxylic acids is 2. The fraction of sp³-hybridized carbons (Fsp3) is 0.417. The van der Waals surface area contributed by atoms with Gasteiger partial charge >= 0.3 is 0 Å². The van der Waals surface area contributed by atoms with Crippen LogP contribution in [0.5, 0.6) is 0 Å². The van der Waals surface area contributed by atoms with Crippen LogP contribution in [-0.2, 0) is 11.3 Å². The predicted octanol–water partition coefficient (Wildman–Crippen LogP) is 3.68. The first-order valence-electron chi connectivity index (χ1n) is 10.8. The van der Waals surface area contributed by atoms with E-state index in [1.165, 1.54) is 29.8 Å². The molecule has 0 spiro atoms. The van der Waals surface area contributed by atoms with Gasteiger partial charge in [0.15, 0.2) is 0 Å². The molecule has 31 heavy (non-hydrogen) atoms. The lowest BCUT2D eigenvalue weighted by atomic mass is 9.94. The molecule has 0 bridgehead atoms. The fourth-order valence-electron chi connectivity index (χ4n) is 4.34. The molecule has 0 radical (unpaired) electrons. The van der Waals surface area contributed by atoms with E-state index in [9.17, 15) is 14.0 Å². The van der Waals surface area contributed by atoms with E-state index < -0.39 is 0 Å². The van der Waals surface area contributed by atoms with E-state index >= 15 is 0 Å². The summed E-state index contributed by atoms with van der Waals surface area (Å²) in [5.41, 5.74) is 1.71. The number of hydrogen-bond donors (Lipinski definition) is 0. The summed E-state index contributed by atoms with van der Waals surface area (Å²) in [6, 6.07) is 13.5. The van der Waals surface area contributed by atoms with Gasteiger partial charge < -0.3 is 9.80 Å². The molecule has 0 atom stereocenters. The van der Waals surface area contributed by atoms with Crippen LogP contribution >= 0.6 is 11.6 Å². The lowest BCUT2D eigenvalue weighted by Crippen LogP contribution is -2.51. The quantitative estimate of drug-likeness (QED) is 0.724. The third-order valence-corrected chi connectivity index (χ3v) is 6.48. The second kappa shape index (κ2) is 9.79. The topological polar surface area (TPSA) is 43.9 Å². The molecule has 2 aromatic carbocycles. The Balaban J connectivity index is 1.23. The molecule has 2 aliphatic rings. The Morgan fingerprint density at radius 2 is 1.45 bits per heavy atom. The average molecular weight is 444 g/mol. The lowest BCUT2D eigenvalue weighted by Gasteiger charge is -2.38. The van der Waals surface area contributed by atoms with E-state index in [0.717, 1.165) is 37.7 Å². The van der Waals surface area contributed by atoms with E-state index in [2.05, 4.69) is 4.90 Å². The average Bonchev–Trinajstić information content (AvgIpc) is 2.81. The molecule has 0 aromatic heterocycles. The van der Waals surface area contributed by atoms with Gasteiger partial charge in [-0.1, -0.05) is 23.7 Å². The van der Waals surface area contributed by atoms with Gasteiger partial charge in [0.25, 0.3) is 5.91 Å². The zero-order chi connectivity index (χ0) is 21.8. The third kappa shape index (κ3) is 5.43. The van der Waals surface area contributed by atoms with Crippen molar-refractivity contribution in [1.82, 2.24) is 14.7 Å². The number of piperidine rings is 1. The van der Waals surface area contributed by atoms with E-state index in [0.29, 0.717) is 31.5 Å². The van der Waals surface area contributed by atoms with Crippen molar-refractivity contribution >= 4 is 23.4 Å². The predicted molar refractivity (Wildman–Crippen MR) is 118 cm³/mol. The smallest absolute Gasteiger partial charge is 0.253 e. The summed E-state index contributed by atoms with van der Waals surface area (Å²) < 4.78 is 13.1. The molecule has 2 fully saturated rings. The van der Waals surface area contributed by atoms with Crippen molar-refractivity contribution in [2.75, 3.05) is 39.3 Å². The minimum absolute atomic E-state index is 0.0277. The Hall–Kier alpha value is -2.44. The maximum Gasteiger partial charge on any atom is 0.253 e. The van der Waals surface area contributed by atoms with Crippen molar-refractivity contribution in [2.24, 2.45) is 5.92 Å². The molecule has 2 saturated heterocycles. The molecule has 0 unspecified atom stereocenters. The maximum absolute atomic E-state index is 13.1. The fourth-order valence-corrected chi connectivity index (χ4v) is 4.46. The molecule has 7 heteroatoms. The molecule has 2 heterocycles. The number of benzene rings is 2. The normalized spacial score (nSPS) is 18.3. The van der Waals surface area contributed by atoms with Crippen LogP contribution in [0, 0.1) is 11.7 Å². The first-order chi connectivity index (χ1) is 15.0. The highest BCUT2D eigenvalue weighted by atomic mass is 35.5. The molecule has 164 valence electrons. The summed E-state index contributed by atoms with van der Waals surface area (Å²) in [7, 11) is 0. The van der Waals surface area contributed by atoms with Crippen molar-refractivity contribution in [3.8, 4) is 0 Å². The third-order valence-electron chi connectivity index (χ3n) is 6.23. The van der Waals surface area contributed by atoms with E-state index in [1.807, 2.05) is 29.2 Å². The number of rotatable bonds is 4. The first kappa shape index (κ1) is 21.8. The van der Waals surface area contributed by atoms with Crippen LogP contribution in [0.15, 0.2) is 48.5 Å². The van der Waals surface area contributed by atoms with Crippen LogP contribution < -0.4 is 0 Å². The van der Waals surface area contributed by atoms with E-state index in [1.54, 1.807) is 4.90 Å². The molecule has 0 aliphatic carbocycles. The van der Waals surface area contributed by atoms with Crippen molar-refractivity contribution in [2.45, 2.75) is 19.4 Å². The first-order valence-corrected chi connectivity index (χ1v) is 11.2. The molecule has 2 aromatic rings. The van der Waals surface area contributed by atoms with Crippen LogP contribution in [-0.4, -0.2) is 65.8 Å². The molecule has 4 rings (SSSR count). The van der Waals surface area contributed by atoms with Gasteiger partial charge in [-0.25, -0.2) is 4.39 Å². The highest BCUT2D eigenvalue weighted by Crippen LogP contribution is 2.22. The summed E-state index contributed by atoms with van der Waals surface area (Å²) in [5, 5.41) is 0.740. The van der Waals surface area contributed by atoms with Gasteiger partial charge in [0, 0.05) is 62.3 Å². The standard InChI is InChI=1S/C24H27ClFN3O2/c25-21-5-1-18(2-6-21)17-27-13-15-29(16-14-27)24(31)20-9-11-28(12-10-20)23(30)19-3-7-22(26)8-4-19/h1-8,20H,9-17H2. The van der Waals surface area contributed by atoms with Crippen LogP contribution in [0.25, 0.3) is 0 Å². The highest BCUT2D eigenvalue weighted by molar-refractivity contribution is 6.30. The lowest BCUT2D eigenvalue weighted by molar-refractivity contribution is -0.138. The molecular formula is C24H27ClFN3O2. The van der Waals surface area contributed by atoms with E-state index in [-0.39, 0.29) is 23.5 Å². The van der Waals surface area contributed by atoms with Crippen molar-refractivity contribution in [3.63, 3.8) is 0 Å². The molecule has 2 amide bonds. The van der Waals surface area contributed by atoms with Gasteiger partial charge in [-0.05, 0) is 54.8 Å². The largest absolute Gasteiger partial charge is 0.340 e. The highest BCUT2D eigenvalue weighted by Gasteiger charge is 2.32. The summed E-state index contributed by atoms with van der Waals surface area (Å²) >= 11 is 5.95. The molecule has 2 aliphatic heterocycles.